The number of hydrogen-bond donors (Lipinski definition) is 0. The molecule has 0 amide bonds. The van der Waals surface area contributed by atoms with E-state index in [1.807, 2.05) is 12.2 Å². The van der Waals surface area contributed by atoms with Crippen molar-refractivity contribution in [3.8, 4) is 0 Å². The molecule has 0 aromatic carbocycles. The van der Waals surface area contributed by atoms with Crippen LogP contribution in [0.3, 0.4) is 0 Å². The second kappa shape index (κ2) is 4.56. The summed E-state index contributed by atoms with van der Waals surface area (Å²) in [5.41, 5.74) is 1.08. The van der Waals surface area contributed by atoms with Gasteiger partial charge in [-0.15, -0.1) is 0 Å². The van der Waals surface area contributed by atoms with Gasteiger partial charge >= 0.3 is 0 Å². The van der Waals surface area contributed by atoms with Gasteiger partial charge in [-0.05, 0) is 12.5 Å². The highest BCUT2D eigenvalue weighted by Crippen LogP contribution is 2.34. The SMILES string of the molecule is CC(=O)C1=CCC2=C(O1)C(=O)C1=C(C=CCC=C1)C2=O. The maximum atomic E-state index is 12.4. The van der Waals surface area contributed by atoms with Crippen molar-refractivity contribution in [2.75, 3.05) is 0 Å². The summed E-state index contributed by atoms with van der Waals surface area (Å²) in [4.78, 5) is 36.2. The fourth-order valence-corrected chi connectivity index (χ4v) is 2.41. The van der Waals surface area contributed by atoms with Crippen molar-refractivity contribution in [2.45, 2.75) is 19.8 Å². The van der Waals surface area contributed by atoms with E-state index in [1.54, 1.807) is 18.2 Å². The Bertz CT molecular complexity index is 696. The Morgan fingerprint density at radius 3 is 2.40 bits per heavy atom. The molecule has 0 aromatic rings. The Balaban J connectivity index is 2.06. The van der Waals surface area contributed by atoms with E-state index in [0.29, 0.717) is 23.1 Å². The highest BCUT2D eigenvalue weighted by atomic mass is 16.5. The van der Waals surface area contributed by atoms with Crippen molar-refractivity contribution in [2.24, 2.45) is 0 Å². The van der Waals surface area contributed by atoms with Crippen LogP contribution < -0.4 is 0 Å². The second-order valence-electron chi connectivity index (χ2n) is 4.76. The topological polar surface area (TPSA) is 60.4 Å². The van der Waals surface area contributed by atoms with Crippen molar-refractivity contribution in [3.05, 3.63) is 58.6 Å². The lowest BCUT2D eigenvalue weighted by Gasteiger charge is -2.24. The zero-order chi connectivity index (χ0) is 14.3. The zero-order valence-corrected chi connectivity index (χ0v) is 10.9. The molecule has 4 heteroatoms. The van der Waals surface area contributed by atoms with Crippen molar-refractivity contribution >= 4 is 17.3 Å². The second-order valence-corrected chi connectivity index (χ2v) is 4.76. The van der Waals surface area contributed by atoms with Crippen molar-refractivity contribution < 1.29 is 19.1 Å². The molecule has 0 radical (unpaired) electrons. The van der Waals surface area contributed by atoms with Gasteiger partial charge in [-0.3, -0.25) is 14.4 Å². The fourth-order valence-electron chi connectivity index (χ4n) is 2.41. The number of carbonyl (C=O) groups excluding carboxylic acids is 3. The first kappa shape index (κ1) is 12.5. The van der Waals surface area contributed by atoms with Gasteiger partial charge in [0, 0.05) is 24.5 Å². The monoisotopic (exact) mass is 268 g/mol. The third kappa shape index (κ3) is 1.81. The van der Waals surface area contributed by atoms with E-state index < -0.39 is 0 Å². The van der Waals surface area contributed by atoms with E-state index in [2.05, 4.69) is 0 Å². The summed E-state index contributed by atoms with van der Waals surface area (Å²) >= 11 is 0. The van der Waals surface area contributed by atoms with E-state index in [0.717, 1.165) is 0 Å². The van der Waals surface area contributed by atoms with Crippen LogP contribution in [0, 0.1) is 0 Å². The smallest absolute Gasteiger partial charge is 0.229 e. The Morgan fingerprint density at radius 1 is 1.10 bits per heavy atom. The third-order valence-corrected chi connectivity index (χ3v) is 3.43. The molecule has 0 bridgehead atoms. The first-order chi connectivity index (χ1) is 9.59. The minimum absolute atomic E-state index is 0.00130. The molecule has 20 heavy (non-hydrogen) atoms. The molecule has 3 rings (SSSR count). The molecule has 0 spiro atoms. The number of rotatable bonds is 1. The molecule has 1 heterocycles. The summed E-state index contributed by atoms with van der Waals surface area (Å²) in [6.07, 6.45) is 9.47. The maximum absolute atomic E-state index is 12.4. The summed E-state index contributed by atoms with van der Waals surface area (Å²) in [5.74, 6) is -0.656. The van der Waals surface area contributed by atoms with Crippen LogP contribution in [-0.2, 0) is 19.1 Å². The van der Waals surface area contributed by atoms with E-state index in [1.165, 1.54) is 6.92 Å². The normalized spacial score (nSPS) is 21.1. The summed E-state index contributed by atoms with van der Waals surface area (Å²) in [6, 6.07) is 0. The largest absolute Gasteiger partial charge is 0.449 e. The lowest BCUT2D eigenvalue weighted by Crippen LogP contribution is -2.26. The van der Waals surface area contributed by atoms with Crippen LogP contribution in [0.5, 0.6) is 0 Å². The average molecular weight is 268 g/mol. The number of carbonyl (C=O) groups is 3. The van der Waals surface area contributed by atoms with Gasteiger partial charge in [0.2, 0.25) is 5.78 Å². The van der Waals surface area contributed by atoms with Gasteiger partial charge in [-0.1, -0.05) is 24.3 Å². The average Bonchev–Trinajstić information content (AvgIpc) is 2.70. The van der Waals surface area contributed by atoms with E-state index >= 15 is 0 Å². The van der Waals surface area contributed by atoms with Crippen LogP contribution in [0.2, 0.25) is 0 Å². The number of ether oxygens (including phenoxy) is 1. The molecule has 0 fully saturated rings. The first-order valence-electron chi connectivity index (χ1n) is 6.38. The first-order valence-corrected chi connectivity index (χ1v) is 6.38. The van der Waals surface area contributed by atoms with Crippen LogP contribution in [0.25, 0.3) is 0 Å². The predicted molar refractivity (Wildman–Crippen MR) is 71.4 cm³/mol. The van der Waals surface area contributed by atoms with Gasteiger partial charge in [0.1, 0.15) is 0 Å². The van der Waals surface area contributed by atoms with Gasteiger partial charge < -0.3 is 4.74 Å². The van der Waals surface area contributed by atoms with Crippen LogP contribution in [0.1, 0.15) is 19.8 Å². The summed E-state index contributed by atoms with van der Waals surface area (Å²) < 4.78 is 5.35. The molecule has 0 aromatic heterocycles. The van der Waals surface area contributed by atoms with Crippen molar-refractivity contribution in [3.63, 3.8) is 0 Å². The van der Waals surface area contributed by atoms with Crippen LogP contribution in [-0.4, -0.2) is 17.3 Å². The Hall–Kier alpha value is -2.49. The van der Waals surface area contributed by atoms with Crippen LogP contribution >= 0.6 is 0 Å². The van der Waals surface area contributed by atoms with Crippen molar-refractivity contribution in [1.82, 2.24) is 0 Å². The minimum atomic E-state index is -0.329. The van der Waals surface area contributed by atoms with Crippen LogP contribution in [0.4, 0.5) is 0 Å². The molecular weight excluding hydrogens is 256 g/mol. The number of ketones is 3. The molecular formula is C16H12O4. The molecule has 2 aliphatic carbocycles. The molecule has 0 saturated heterocycles. The van der Waals surface area contributed by atoms with Gasteiger partial charge in [0.15, 0.2) is 23.1 Å². The number of hydrogen-bond acceptors (Lipinski definition) is 4. The lowest BCUT2D eigenvalue weighted by atomic mass is 9.85. The lowest BCUT2D eigenvalue weighted by molar-refractivity contribution is -0.120. The Morgan fingerprint density at radius 2 is 1.75 bits per heavy atom. The molecule has 3 aliphatic rings. The molecule has 0 unspecified atom stereocenters. The maximum Gasteiger partial charge on any atom is 0.229 e. The molecule has 1 aliphatic heterocycles. The quantitative estimate of drug-likeness (QED) is 0.683. The summed E-state index contributed by atoms with van der Waals surface area (Å²) in [5, 5.41) is 0. The van der Waals surface area contributed by atoms with E-state index in [9.17, 15) is 14.4 Å². The minimum Gasteiger partial charge on any atom is -0.449 e. The van der Waals surface area contributed by atoms with Crippen molar-refractivity contribution in [1.29, 1.82) is 0 Å². The summed E-state index contributed by atoms with van der Waals surface area (Å²) in [6.45, 7) is 1.37. The fraction of sp³-hybridized carbons (Fsp3) is 0.188. The van der Waals surface area contributed by atoms with Gasteiger partial charge in [0.05, 0.1) is 5.57 Å². The predicted octanol–water partition coefficient (Wildman–Crippen LogP) is 2.10. The Kier molecular flexibility index (Phi) is 2.86. The third-order valence-electron chi connectivity index (χ3n) is 3.43. The number of Topliss-reactive ketones (excluding diaryl/α,β-unsaturated/α-hetero) is 3. The molecule has 0 saturated carbocycles. The zero-order valence-electron chi connectivity index (χ0n) is 10.9. The van der Waals surface area contributed by atoms with Gasteiger partial charge in [0.25, 0.3) is 0 Å². The van der Waals surface area contributed by atoms with Gasteiger partial charge in [-0.2, -0.15) is 0 Å². The molecule has 0 N–H and O–H groups in total. The van der Waals surface area contributed by atoms with E-state index in [4.69, 9.17) is 4.74 Å². The van der Waals surface area contributed by atoms with Gasteiger partial charge in [-0.25, -0.2) is 0 Å². The molecule has 4 nitrogen and oxygen atoms in total. The Labute approximate surface area is 115 Å². The molecule has 0 atom stereocenters. The standard InChI is InChI=1S/C16H12O4/c1-9(17)13-8-7-12-14(18)10-5-3-2-4-6-11(10)15(19)16(12)20-13/h3-6,8H,2,7H2,1H3. The number of allylic oxidation sites excluding steroid dienone is 9. The molecule has 100 valence electrons. The summed E-state index contributed by atoms with van der Waals surface area (Å²) in [7, 11) is 0. The highest BCUT2D eigenvalue weighted by molar-refractivity contribution is 6.27. The van der Waals surface area contributed by atoms with Crippen LogP contribution in [0.15, 0.2) is 58.6 Å². The van der Waals surface area contributed by atoms with E-state index in [-0.39, 0.29) is 35.3 Å². The highest BCUT2D eigenvalue weighted by Gasteiger charge is 2.36.